The van der Waals surface area contributed by atoms with Crippen LogP contribution in [0.5, 0.6) is 0 Å². The van der Waals surface area contributed by atoms with Crippen molar-refractivity contribution in [1.82, 2.24) is 9.80 Å². The number of nitrogens with two attached hydrogens (primary N) is 1. The van der Waals surface area contributed by atoms with E-state index in [0.29, 0.717) is 6.54 Å². The second kappa shape index (κ2) is 6.20. The fourth-order valence-electron chi connectivity index (χ4n) is 3.61. The van der Waals surface area contributed by atoms with E-state index in [1.165, 1.54) is 37.9 Å². The van der Waals surface area contributed by atoms with Crippen LogP contribution >= 0.6 is 0 Å². The van der Waals surface area contributed by atoms with Crippen LogP contribution in [0, 0.1) is 5.82 Å². The van der Waals surface area contributed by atoms with Gasteiger partial charge in [-0.25, -0.2) is 4.39 Å². The lowest BCUT2D eigenvalue weighted by molar-refractivity contribution is 0.215. The Bertz CT molecular complexity index is 463. The van der Waals surface area contributed by atoms with Crippen LogP contribution in [0.1, 0.15) is 30.4 Å². The molecule has 4 heteroatoms. The average Bonchev–Trinajstić information content (AvgIpc) is 2.79. The third-order valence-corrected chi connectivity index (χ3v) is 4.67. The van der Waals surface area contributed by atoms with E-state index >= 15 is 0 Å². The molecule has 2 aliphatic heterocycles. The van der Waals surface area contributed by atoms with Crippen molar-refractivity contribution in [1.29, 1.82) is 0 Å². The Morgan fingerprint density at radius 2 is 2.00 bits per heavy atom. The maximum Gasteiger partial charge on any atom is 0.123 e. The molecule has 1 aromatic rings. The quantitative estimate of drug-likeness (QED) is 0.916. The molecule has 0 bridgehead atoms. The van der Waals surface area contributed by atoms with Crippen molar-refractivity contribution in [2.75, 3.05) is 26.2 Å². The van der Waals surface area contributed by atoms with Crippen LogP contribution in [0.4, 0.5) is 4.39 Å². The van der Waals surface area contributed by atoms with Crippen molar-refractivity contribution in [2.45, 2.75) is 38.4 Å². The van der Waals surface area contributed by atoms with E-state index in [1.54, 1.807) is 12.1 Å². The van der Waals surface area contributed by atoms with Crippen LogP contribution in [-0.2, 0) is 13.1 Å². The molecule has 1 atom stereocenters. The van der Waals surface area contributed by atoms with E-state index in [2.05, 4.69) is 9.80 Å². The minimum Gasteiger partial charge on any atom is -0.326 e. The third-order valence-electron chi connectivity index (χ3n) is 4.67. The Morgan fingerprint density at radius 1 is 1.15 bits per heavy atom. The van der Waals surface area contributed by atoms with E-state index in [9.17, 15) is 4.39 Å². The highest BCUT2D eigenvalue weighted by Crippen LogP contribution is 2.23. The SMILES string of the molecule is NCc1cc(F)ccc1CN1CCCN2CCCC2C1. The summed E-state index contributed by atoms with van der Waals surface area (Å²) in [7, 11) is 0. The van der Waals surface area contributed by atoms with Gasteiger partial charge in [0.1, 0.15) is 5.82 Å². The van der Waals surface area contributed by atoms with Crippen LogP contribution in [0.3, 0.4) is 0 Å². The molecular formula is C16H24FN3. The van der Waals surface area contributed by atoms with E-state index < -0.39 is 0 Å². The maximum absolute atomic E-state index is 13.3. The summed E-state index contributed by atoms with van der Waals surface area (Å²) in [4.78, 5) is 5.15. The second-order valence-electron chi connectivity index (χ2n) is 6.04. The fraction of sp³-hybridized carbons (Fsp3) is 0.625. The largest absolute Gasteiger partial charge is 0.326 e. The first-order chi connectivity index (χ1) is 9.76. The Hall–Kier alpha value is -0.970. The molecule has 3 nitrogen and oxygen atoms in total. The third kappa shape index (κ3) is 3.03. The topological polar surface area (TPSA) is 32.5 Å². The van der Waals surface area contributed by atoms with Gasteiger partial charge in [-0.15, -0.1) is 0 Å². The molecule has 0 amide bonds. The molecule has 0 aromatic heterocycles. The van der Waals surface area contributed by atoms with E-state index in [0.717, 1.165) is 31.2 Å². The first-order valence-corrected chi connectivity index (χ1v) is 7.70. The number of benzene rings is 1. The molecule has 3 rings (SSSR count). The van der Waals surface area contributed by atoms with Crippen LogP contribution in [0.15, 0.2) is 18.2 Å². The predicted octanol–water partition coefficient (Wildman–Crippen LogP) is 1.95. The highest BCUT2D eigenvalue weighted by molar-refractivity contribution is 5.27. The van der Waals surface area contributed by atoms with Gasteiger partial charge in [-0.2, -0.15) is 0 Å². The Balaban J connectivity index is 1.70. The summed E-state index contributed by atoms with van der Waals surface area (Å²) in [6.45, 7) is 6.08. The van der Waals surface area contributed by atoms with Crippen molar-refractivity contribution >= 4 is 0 Å². The molecule has 2 heterocycles. The standard InChI is InChI=1S/C16H24FN3/c17-15-5-4-13(14(9-15)10-18)11-19-6-2-8-20-7-1-3-16(20)12-19/h4-5,9,16H,1-3,6-8,10-12,18H2. The van der Waals surface area contributed by atoms with Crippen molar-refractivity contribution < 1.29 is 4.39 Å². The second-order valence-corrected chi connectivity index (χ2v) is 6.04. The first kappa shape index (κ1) is 14.0. The molecule has 2 fully saturated rings. The van der Waals surface area contributed by atoms with Crippen molar-refractivity contribution in [3.05, 3.63) is 35.1 Å². The highest BCUT2D eigenvalue weighted by Gasteiger charge is 2.28. The molecule has 1 aromatic carbocycles. The summed E-state index contributed by atoms with van der Waals surface area (Å²) < 4.78 is 13.3. The van der Waals surface area contributed by atoms with Crippen LogP contribution in [-0.4, -0.2) is 42.0 Å². The molecule has 2 saturated heterocycles. The number of halogens is 1. The molecule has 0 radical (unpaired) electrons. The Kier molecular flexibility index (Phi) is 4.34. The smallest absolute Gasteiger partial charge is 0.123 e. The Morgan fingerprint density at radius 3 is 2.85 bits per heavy atom. The summed E-state index contributed by atoms with van der Waals surface area (Å²) >= 11 is 0. The van der Waals surface area contributed by atoms with Gasteiger partial charge in [0.25, 0.3) is 0 Å². The Labute approximate surface area is 120 Å². The molecule has 2 aliphatic rings. The van der Waals surface area contributed by atoms with Gasteiger partial charge < -0.3 is 5.73 Å². The van der Waals surface area contributed by atoms with E-state index in [-0.39, 0.29) is 5.82 Å². The van der Waals surface area contributed by atoms with Gasteiger partial charge in [0.05, 0.1) is 0 Å². The minimum atomic E-state index is -0.188. The molecular weight excluding hydrogens is 253 g/mol. The minimum absolute atomic E-state index is 0.188. The van der Waals surface area contributed by atoms with Gasteiger partial charge in [0.2, 0.25) is 0 Å². The lowest BCUT2D eigenvalue weighted by Gasteiger charge is -2.26. The van der Waals surface area contributed by atoms with Crippen LogP contribution < -0.4 is 5.73 Å². The van der Waals surface area contributed by atoms with Crippen molar-refractivity contribution in [3.8, 4) is 0 Å². The summed E-state index contributed by atoms with van der Waals surface area (Å²) in [5.74, 6) is -0.188. The van der Waals surface area contributed by atoms with E-state index in [4.69, 9.17) is 5.73 Å². The summed E-state index contributed by atoms with van der Waals surface area (Å²) in [6, 6.07) is 5.75. The lowest BCUT2D eigenvalue weighted by Crippen LogP contribution is -2.36. The average molecular weight is 277 g/mol. The number of rotatable bonds is 3. The number of fused-ring (bicyclic) bond motifs is 1. The zero-order chi connectivity index (χ0) is 13.9. The van der Waals surface area contributed by atoms with Crippen molar-refractivity contribution in [2.24, 2.45) is 5.73 Å². The summed E-state index contributed by atoms with van der Waals surface area (Å²) in [5.41, 5.74) is 7.87. The molecule has 20 heavy (non-hydrogen) atoms. The van der Waals surface area contributed by atoms with Gasteiger partial charge in [-0.3, -0.25) is 9.80 Å². The number of hydrogen-bond acceptors (Lipinski definition) is 3. The van der Waals surface area contributed by atoms with Crippen LogP contribution in [0.2, 0.25) is 0 Å². The van der Waals surface area contributed by atoms with Gasteiger partial charge >= 0.3 is 0 Å². The monoisotopic (exact) mass is 277 g/mol. The molecule has 0 saturated carbocycles. The number of hydrogen-bond donors (Lipinski definition) is 1. The summed E-state index contributed by atoms with van der Waals surface area (Å²) in [5, 5.41) is 0. The van der Waals surface area contributed by atoms with Crippen molar-refractivity contribution in [3.63, 3.8) is 0 Å². The normalized spacial score (nSPS) is 24.6. The first-order valence-electron chi connectivity index (χ1n) is 7.70. The maximum atomic E-state index is 13.3. The van der Waals surface area contributed by atoms with E-state index in [1.807, 2.05) is 6.07 Å². The van der Waals surface area contributed by atoms with Gasteiger partial charge in [0.15, 0.2) is 0 Å². The fourth-order valence-corrected chi connectivity index (χ4v) is 3.61. The van der Waals surface area contributed by atoms with Gasteiger partial charge in [-0.05, 0) is 62.2 Å². The number of nitrogens with zero attached hydrogens (tertiary/aromatic N) is 2. The molecule has 1 unspecified atom stereocenters. The molecule has 110 valence electrons. The highest BCUT2D eigenvalue weighted by atomic mass is 19.1. The summed E-state index contributed by atoms with van der Waals surface area (Å²) in [6.07, 6.45) is 3.89. The molecule has 0 spiro atoms. The zero-order valence-electron chi connectivity index (χ0n) is 12.0. The lowest BCUT2D eigenvalue weighted by atomic mass is 10.1. The van der Waals surface area contributed by atoms with Crippen LogP contribution in [0.25, 0.3) is 0 Å². The van der Waals surface area contributed by atoms with Gasteiger partial charge in [-0.1, -0.05) is 6.07 Å². The molecule has 0 aliphatic carbocycles. The zero-order valence-corrected chi connectivity index (χ0v) is 12.0. The predicted molar refractivity (Wildman–Crippen MR) is 78.8 cm³/mol. The van der Waals surface area contributed by atoms with Gasteiger partial charge in [0, 0.05) is 25.7 Å². The molecule has 2 N–H and O–H groups in total.